The number of carbonyl (C=O) groups excluding carboxylic acids is 1. The summed E-state index contributed by atoms with van der Waals surface area (Å²) < 4.78 is 1.56. The van der Waals surface area contributed by atoms with Gasteiger partial charge in [0.05, 0.1) is 11.4 Å². The summed E-state index contributed by atoms with van der Waals surface area (Å²) in [7, 11) is 0. The molecule has 2 aromatic heterocycles. The van der Waals surface area contributed by atoms with Gasteiger partial charge in [0.25, 0.3) is 5.56 Å². The van der Waals surface area contributed by atoms with Crippen molar-refractivity contribution < 1.29 is 4.79 Å². The molecule has 0 aromatic carbocycles. The lowest BCUT2D eigenvalue weighted by atomic mass is 9.86. The average molecular weight is 359 g/mol. The Labute approximate surface area is 152 Å². The Balaban J connectivity index is 1.55. The number of pyridine rings is 1. The zero-order chi connectivity index (χ0) is 17.8. The molecule has 1 amide bonds. The summed E-state index contributed by atoms with van der Waals surface area (Å²) >= 11 is 1.50. The van der Waals surface area contributed by atoms with Crippen molar-refractivity contribution in [3.05, 3.63) is 46.0 Å². The van der Waals surface area contributed by atoms with Crippen LogP contribution < -0.4 is 10.9 Å². The van der Waals surface area contributed by atoms with Crippen molar-refractivity contribution in [1.82, 2.24) is 14.7 Å². The van der Waals surface area contributed by atoms with Crippen LogP contribution in [0.25, 0.3) is 5.65 Å². The van der Waals surface area contributed by atoms with Crippen LogP contribution >= 0.6 is 11.8 Å². The van der Waals surface area contributed by atoms with E-state index < -0.39 is 0 Å². The van der Waals surface area contributed by atoms with Crippen LogP contribution in [-0.4, -0.2) is 27.1 Å². The van der Waals surface area contributed by atoms with Gasteiger partial charge < -0.3 is 5.32 Å². The van der Waals surface area contributed by atoms with E-state index in [0.717, 1.165) is 17.7 Å². The van der Waals surface area contributed by atoms with Gasteiger partial charge in [-0.25, -0.2) is 4.98 Å². The molecule has 2 atom stereocenters. The summed E-state index contributed by atoms with van der Waals surface area (Å²) in [5.74, 6) is 1.61. The number of aromatic nitrogens is 2. The quantitative estimate of drug-likeness (QED) is 0.891. The Morgan fingerprint density at radius 3 is 2.96 bits per heavy atom. The predicted octanol–water partition coefficient (Wildman–Crippen LogP) is 2.93. The first kappa shape index (κ1) is 18.0. The summed E-state index contributed by atoms with van der Waals surface area (Å²) in [4.78, 5) is 28.8. The maximum Gasteiger partial charge on any atom is 0.258 e. The van der Waals surface area contributed by atoms with Crippen molar-refractivity contribution in [3.63, 3.8) is 0 Å². The molecule has 1 N–H and O–H groups in total. The maximum absolute atomic E-state index is 12.2. The highest BCUT2D eigenvalue weighted by atomic mass is 32.2. The Hall–Kier alpha value is -1.82. The zero-order valence-corrected chi connectivity index (χ0v) is 15.6. The minimum absolute atomic E-state index is 0.0789. The third kappa shape index (κ3) is 4.63. The lowest BCUT2D eigenvalue weighted by molar-refractivity contribution is -0.119. The minimum atomic E-state index is -0.0789. The van der Waals surface area contributed by atoms with Crippen LogP contribution in [0.2, 0.25) is 0 Å². The second kappa shape index (κ2) is 8.04. The van der Waals surface area contributed by atoms with Gasteiger partial charge in [0.1, 0.15) is 5.65 Å². The highest BCUT2D eigenvalue weighted by Crippen LogP contribution is 2.23. The van der Waals surface area contributed by atoms with Gasteiger partial charge in [-0.3, -0.25) is 14.0 Å². The maximum atomic E-state index is 12.2. The fourth-order valence-corrected chi connectivity index (χ4v) is 4.09. The molecule has 6 heteroatoms. The molecule has 0 aliphatic heterocycles. The molecule has 134 valence electrons. The Morgan fingerprint density at radius 2 is 2.16 bits per heavy atom. The van der Waals surface area contributed by atoms with Crippen LogP contribution in [0.3, 0.4) is 0 Å². The molecule has 1 saturated carbocycles. The molecule has 1 aliphatic rings. The zero-order valence-electron chi connectivity index (χ0n) is 14.8. The normalized spacial score (nSPS) is 20.6. The molecule has 5 nitrogen and oxygen atoms in total. The van der Waals surface area contributed by atoms with E-state index in [1.807, 2.05) is 19.1 Å². The molecular weight excluding hydrogens is 334 g/mol. The number of aryl methyl sites for hydroxylation is 1. The summed E-state index contributed by atoms with van der Waals surface area (Å²) in [5.41, 5.74) is 2.31. The number of hydrogen-bond acceptors (Lipinski definition) is 4. The van der Waals surface area contributed by atoms with Gasteiger partial charge in [-0.15, -0.1) is 11.8 Å². The number of fused-ring (bicyclic) bond motifs is 1. The summed E-state index contributed by atoms with van der Waals surface area (Å²) in [5, 5.41) is 3.16. The van der Waals surface area contributed by atoms with Crippen molar-refractivity contribution in [3.8, 4) is 0 Å². The summed E-state index contributed by atoms with van der Waals surface area (Å²) in [6, 6.07) is 5.66. The molecular formula is C19H25N3O2S. The molecule has 2 aromatic rings. The van der Waals surface area contributed by atoms with Gasteiger partial charge in [-0.2, -0.15) is 0 Å². The lowest BCUT2D eigenvalue weighted by Gasteiger charge is -2.29. The highest BCUT2D eigenvalue weighted by molar-refractivity contribution is 7.99. The highest BCUT2D eigenvalue weighted by Gasteiger charge is 2.22. The Bertz CT molecular complexity index is 818. The molecule has 1 fully saturated rings. The van der Waals surface area contributed by atoms with Gasteiger partial charge in [-0.1, -0.05) is 25.8 Å². The van der Waals surface area contributed by atoms with Gasteiger partial charge in [0, 0.05) is 24.1 Å². The molecule has 0 bridgehead atoms. The Kier molecular flexibility index (Phi) is 5.78. The first-order valence-electron chi connectivity index (χ1n) is 8.89. The number of nitrogens with zero attached hydrogens (tertiary/aromatic N) is 2. The molecule has 2 heterocycles. The topological polar surface area (TPSA) is 63.5 Å². The second-order valence-electron chi connectivity index (χ2n) is 6.95. The van der Waals surface area contributed by atoms with E-state index in [9.17, 15) is 9.59 Å². The third-order valence-electron chi connectivity index (χ3n) is 4.80. The number of rotatable bonds is 5. The van der Waals surface area contributed by atoms with Crippen molar-refractivity contribution >= 4 is 23.3 Å². The molecule has 0 unspecified atom stereocenters. The lowest BCUT2D eigenvalue weighted by Crippen LogP contribution is -2.41. The van der Waals surface area contributed by atoms with E-state index in [1.54, 1.807) is 16.7 Å². The standard InChI is InChI=1S/C19H25N3O2S/c1-13-7-8-17-20-15(9-19(24)22(17)10-13)11-25-12-18(23)21-16-6-4-3-5-14(16)2/h7-10,14,16H,3-6,11-12H2,1-2H3,(H,21,23)/t14-,16+/m1/s1. The number of hydrogen-bond donors (Lipinski definition) is 1. The molecule has 0 radical (unpaired) electrons. The van der Waals surface area contributed by atoms with E-state index >= 15 is 0 Å². The van der Waals surface area contributed by atoms with Gasteiger partial charge in [0.2, 0.25) is 5.91 Å². The number of nitrogens with one attached hydrogen (secondary N) is 1. The minimum Gasteiger partial charge on any atom is -0.352 e. The number of carbonyl (C=O) groups is 1. The second-order valence-corrected chi connectivity index (χ2v) is 7.93. The van der Waals surface area contributed by atoms with Crippen LogP contribution in [0.5, 0.6) is 0 Å². The first-order chi connectivity index (χ1) is 12.0. The van der Waals surface area contributed by atoms with Crippen molar-refractivity contribution in [2.24, 2.45) is 5.92 Å². The van der Waals surface area contributed by atoms with Crippen molar-refractivity contribution in [1.29, 1.82) is 0 Å². The number of amides is 1. The molecule has 25 heavy (non-hydrogen) atoms. The van der Waals surface area contributed by atoms with Crippen LogP contribution in [0.4, 0.5) is 0 Å². The van der Waals surface area contributed by atoms with Crippen LogP contribution in [0.1, 0.15) is 43.9 Å². The van der Waals surface area contributed by atoms with Crippen molar-refractivity contribution in [2.75, 3.05) is 5.75 Å². The van der Waals surface area contributed by atoms with Gasteiger partial charge >= 0.3 is 0 Å². The molecule has 3 rings (SSSR count). The predicted molar refractivity (Wildman–Crippen MR) is 102 cm³/mol. The van der Waals surface area contributed by atoms with E-state index in [-0.39, 0.29) is 11.5 Å². The van der Waals surface area contributed by atoms with E-state index in [1.165, 1.54) is 31.0 Å². The molecule has 1 aliphatic carbocycles. The van der Waals surface area contributed by atoms with Gasteiger partial charge in [-0.05, 0) is 37.3 Å². The van der Waals surface area contributed by atoms with E-state index in [2.05, 4.69) is 17.2 Å². The van der Waals surface area contributed by atoms with Gasteiger partial charge in [0.15, 0.2) is 0 Å². The van der Waals surface area contributed by atoms with Crippen LogP contribution in [0, 0.1) is 12.8 Å². The first-order valence-corrected chi connectivity index (χ1v) is 10.0. The van der Waals surface area contributed by atoms with E-state index in [4.69, 9.17) is 0 Å². The molecule has 0 saturated heterocycles. The SMILES string of the molecule is Cc1ccc2nc(CSCC(=O)N[C@H]3CCCC[C@H]3C)cc(=O)n2c1. The van der Waals surface area contributed by atoms with Crippen LogP contribution in [0.15, 0.2) is 29.2 Å². The van der Waals surface area contributed by atoms with Crippen molar-refractivity contribution in [2.45, 2.75) is 51.3 Å². The summed E-state index contributed by atoms with van der Waals surface area (Å²) in [6.45, 7) is 4.16. The Morgan fingerprint density at radius 1 is 1.36 bits per heavy atom. The van der Waals surface area contributed by atoms with E-state index in [0.29, 0.717) is 29.1 Å². The van der Waals surface area contributed by atoms with Crippen LogP contribution in [-0.2, 0) is 10.5 Å². The average Bonchev–Trinajstić information content (AvgIpc) is 2.58. The molecule has 0 spiro atoms. The fourth-order valence-electron chi connectivity index (χ4n) is 3.36. The monoisotopic (exact) mass is 359 g/mol. The number of thioether (sulfide) groups is 1. The third-order valence-corrected chi connectivity index (χ3v) is 5.77. The smallest absolute Gasteiger partial charge is 0.258 e. The summed E-state index contributed by atoms with van der Waals surface area (Å²) in [6.07, 6.45) is 6.54. The fraction of sp³-hybridized carbons (Fsp3) is 0.526. The largest absolute Gasteiger partial charge is 0.352 e.